The van der Waals surface area contributed by atoms with Crippen molar-refractivity contribution in [2.45, 2.75) is 6.92 Å². The Morgan fingerprint density at radius 1 is 1.33 bits per heavy atom. The number of aromatic nitrogens is 2. The minimum absolute atomic E-state index is 0.198. The van der Waals surface area contributed by atoms with Crippen LogP contribution in [-0.4, -0.2) is 17.1 Å². The lowest BCUT2D eigenvalue weighted by atomic mass is 10.2. The molecule has 0 aliphatic carbocycles. The van der Waals surface area contributed by atoms with E-state index in [1.54, 1.807) is 19.1 Å². The van der Waals surface area contributed by atoms with Crippen molar-refractivity contribution in [2.24, 2.45) is 0 Å². The number of halogens is 1. The van der Waals surface area contributed by atoms with Crippen LogP contribution in [0.1, 0.15) is 5.56 Å². The third-order valence-corrected chi connectivity index (χ3v) is 2.50. The highest BCUT2D eigenvalue weighted by atomic mass is 19.1. The van der Waals surface area contributed by atoms with E-state index < -0.39 is 0 Å². The lowest BCUT2D eigenvalue weighted by Crippen LogP contribution is -2.04. The van der Waals surface area contributed by atoms with Crippen molar-refractivity contribution in [3.8, 4) is 5.75 Å². The third-order valence-electron chi connectivity index (χ3n) is 2.50. The highest BCUT2D eigenvalue weighted by molar-refractivity contribution is 5.69. The van der Waals surface area contributed by atoms with Gasteiger partial charge in [-0.1, -0.05) is 12.1 Å². The fourth-order valence-corrected chi connectivity index (χ4v) is 1.59. The number of anilines is 3. The molecule has 0 aliphatic heterocycles. The SMILES string of the molecule is COc1c(N)ncnc1Nc1c(C)cccc1F. The molecule has 6 heteroatoms. The summed E-state index contributed by atoms with van der Waals surface area (Å²) in [6.45, 7) is 1.79. The van der Waals surface area contributed by atoms with Gasteiger partial charge in [0.2, 0.25) is 5.75 Å². The van der Waals surface area contributed by atoms with Gasteiger partial charge in [-0.15, -0.1) is 0 Å². The molecule has 0 amide bonds. The Morgan fingerprint density at radius 3 is 2.78 bits per heavy atom. The molecule has 94 valence electrons. The summed E-state index contributed by atoms with van der Waals surface area (Å²) in [5, 5.41) is 2.87. The maximum atomic E-state index is 13.7. The first-order chi connectivity index (χ1) is 8.63. The molecule has 0 atom stereocenters. The van der Waals surface area contributed by atoms with Crippen molar-refractivity contribution in [1.82, 2.24) is 9.97 Å². The molecule has 3 N–H and O–H groups in total. The number of benzene rings is 1. The summed E-state index contributed by atoms with van der Waals surface area (Å²) in [4.78, 5) is 7.80. The molecule has 1 heterocycles. The molecule has 0 spiro atoms. The standard InChI is InChI=1S/C12H13FN4O/c1-7-4-3-5-8(13)9(7)17-12-10(18-2)11(14)15-6-16-12/h3-6H,1-2H3,(H3,14,15,16,17). The largest absolute Gasteiger partial charge is 0.490 e. The average Bonchev–Trinajstić information content (AvgIpc) is 2.34. The predicted molar refractivity (Wildman–Crippen MR) is 67.4 cm³/mol. The second kappa shape index (κ2) is 4.87. The van der Waals surface area contributed by atoms with Gasteiger partial charge in [0.1, 0.15) is 12.1 Å². The van der Waals surface area contributed by atoms with Crippen LogP contribution in [0, 0.1) is 12.7 Å². The third kappa shape index (κ3) is 2.17. The van der Waals surface area contributed by atoms with Crippen LogP contribution in [0.15, 0.2) is 24.5 Å². The molecule has 2 aromatic rings. The Labute approximate surface area is 104 Å². The van der Waals surface area contributed by atoms with Crippen LogP contribution in [0.4, 0.5) is 21.7 Å². The van der Waals surface area contributed by atoms with Crippen LogP contribution in [-0.2, 0) is 0 Å². The summed E-state index contributed by atoms with van der Waals surface area (Å²) in [6, 6.07) is 4.80. The van der Waals surface area contributed by atoms with Crippen LogP contribution < -0.4 is 15.8 Å². The fraction of sp³-hybridized carbons (Fsp3) is 0.167. The molecule has 0 unspecified atom stereocenters. The van der Waals surface area contributed by atoms with Gasteiger partial charge in [-0.3, -0.25) is 0 Å². The molecule has 0 saturated carbocycles. The predicted octanol–water partition coefficient (Wildman–Crippen LogP) is 2.26. The second-order valence-electron chi connectivity index (χ2n) is 3.70. The first-order valence-electron chi connectivity index (χ1n) is 5.30. The van der Waals surface area contributed by atoms with Gasteiger partial charge < -0.3 is 15.8 Å². The quantitative estimate of drug-likeness (QED) is 0.871. The number of nitrogens with zero attached hydrogens (tertiary/aromatic N) is 2. The topological polar surface area (TPSA) is 73.1 Å². The Hall–Kier alpha value is -2.37. The molecule has 1 aromatic heterocycles. The molecule has 1 aromatic carbocycles. The Kier molecular flexibility index (Phi) is 3.27. The number of nitrogens with one attached hydrogen (secondary N) is 1. The monoisotopic (exact) mass is 248 g/mol. The van der Waals surface area contributed by atoms with Crippen molar-refractivity contribution in [1.29, 1.82) is 0 Å². The number of hydrogen-bond acceptors (Lipinski definition) is 5. The van der Waals surface area contributed by atoms with E-state index in [-0.39, 0.29) is 11.6 Å². The van der Waals surface area contributed by atoms with E-state index in [9.17, 15) is 4.39 Å². The van der Waals surface area contributed by atoms with Gasteiger partial charge in [-0.05, 0) is 18.6 Å². The van der Waals surface area contributed by atoms with E-state index in [0.717, 1.165) is 5.56 Å². The number of rotatable bonds is 3. The molecule has 0 bridgehead atoms. The van der Waals surface area contributed by atoms with Gasteiger partial charge in [0.05, 0.1) is 12.8 Å². The van der Waals surface area contributed by atoms with Crippen molar-refractivity contribution >= 4 is 17.3 Å². The molecule has 18 heavy (non-hydrogen) atoms. The highest BCUT2D eigenvalue weighted by Gasteiger charge is 2.12. The molecule has 5 nitrogen and oxygen atoms in total. The highest BCUT2D eigenvalue weighted by Crippen LogP contribution is 2.31. The summed E-state index contributed by atoms with van der Waals surface area (Å²) in [7, 11) is 1.45. The lowest BCUT2D eigenvalue weighted by Gasteiger charge is -2.13. The fourth-order valence-electron chi connectivity index (χ4n) is 1.59. The summed E-state index contributed by atoms with van der Waals surface area (Å²) < 4.78 is 18.8. The zero-order chi connectivity index (χ0) is 13.1. The maximum Gasteiger partial charge on any atom is 0.204 e. The number of nitrogens with two attached hydrogens (primary N) is 1. The van der Waals surface area contributed by atoms with Gasteiger partial charge >= 0.3 is 0 Å². The molecule has 2 rings (SSSR count). The zero-order valence-electron chi connectivity index (χ0n) is 10.1. The number of aryl methyl sites for hydroxylation is 1. The minimum atomic E-state index is -0.366. The van der Waals surface area contributed by atoms with Crippen LogP contribution in [0.3, 0.4) is 0 Å². The maximum absolute atomic E-state index is 13.7. The molecule has 0 radical (unpaired) electrons. The number of nitrogen functional groups attached to an aromatic ring is 1. The van der Waals surface area contributed by atoms with Gasteiger partial charge in [-0.2, -0.15) is 0 Å². The van der Waals surface area contributed by atoms with E-state index in [1.807, 2.05) is 0 Å². The van der Waals surface area contributed by atoms with E-state index in [1.165, 1.54) is 19.5 Å². The van der Waals surface area contributed by atoms with E-state index in [0.29, 0.717) is 17.3 Å². The van der Waals surface area contributed by atoms with Crippen LogP contribution in [0.25, 0.3) is 0 Å². The van der Waals surface area contributed by atoms with Crippen LogP contribution in [0.5, 0.6) is 5.75 Å². The van der Waals surface area contributed by atoms with E-state index >= 15 is 0 Å². The summed E-state index contributed by atoms with van der Waals surface area (Å²) in [6.07, 6.45) is 1.29. The molecule has 0 fully saturated rings. The summed E-state index contributed by atoms with van der Waals surface area (Å²) in [5.41, 5.74) is 6.75. The zero-order valence-corrected chi connectivity index (χ0v) is 10.1. The number of para-hydroxylation sites is 1. The van der Waals surface area contributed by atoms with Crippen molar-refractivity contribution in [3.05, 3.63) is 35.9 Å². The average molecular weight is 248 g/mol. The van der Waals surface area contributed by atoms with Gasteiger partial charge in [0.25, 0.3) is 0 Å². The van der Waals surface area contributed by atoms with Gasteiger partial charge in [0.15, 0.2) is 11.6 Å². The molecular weight excluding hydrogens is 235 g/mol. The number of methoxy groups -OCH3 is 1. The van der Waals surface area contributed by atoms with Crippen molar-refractivity contribution < 1.29 is 9.13 Å². The normalized spacial score (nSPS) is 10.2. The minimum Gasteiger partial charge on any atom is -0.490 e. The summed E-state index contributed by atoms with van der Waals surface area (Å²) in [5.74, 6) is 0.455. The summed E-state index contributed by atoms with van der Waals surface area (Å²) >= 11 is 0. The van der Waals surface area contributed by atoms with Gasteiger partial charge in [0, 0.05) is 0 Å². The first kappa shape index (κ1) is 12.1. The smallest absolute Gasteiger partial charge is 0.204 e. The Bertz CT molecular complexity index is 554. The van der Waals surface area contributed by atoms with Gasteiger partial charge in [-0.25, -0.2) is 14.4 Å². The van der Waals surface area contributed by atoms with E-state index in [4.69, 9.17) is 10.5 Å². The lowest BCUT2D eigenvalue weighted by molar-refractivity contribution is 0.415. The van der Waals surface area contributed by atoms with Crippen molar-refractivity contribution in [2.75, 3.05) is 18.2 Å². The first-order valence-corrected chi connectivity index (χ1v) is 5.30. The number of hydrogen-bond donors (Lipinski definition) is 2. The van der Waals surface area contributed by atoms with Crippen molar-refractivity contribution in [3.63, 3.8) is 0 Å². The van der Waals surface area contributed by atoms with E-state index in [2.05, 4.69) is 15.3 Å². The Balaban J connectivity index is 2.43. The number of ether oxygens (including phenoxy) is 1. The Morgan fingerprint density at radius 2 is 2.11 bits per heavy atom. The second-order valence-corrected chi connectivity index (χ2v) is 3.70. The molecule has 0 aliphatic rings. The van der Waals surface area contributed by atoms with Crippen LogP contribution >= 0.6 is 0 Å². The molecule has 0 saturated heterocycles. The van der Waals surface area contributed by atoms with Crippen LogP contribution in [0.2, 0.25) is 0 Å². The molecular formula is C12H13FN4O.